The maximum absolute atomic E-state index is 12.8. The number of ether oxygens (including phenoxy) is 1. The molecule has 0 aliphatic rings. The average Bonchev–Trinajstić information content (AvgIpc) is 2.62. The number of amidine groups is 1. The van der Waals surface area contributed by atoms with Gasteiger partial charge in [0.25, 0.3) is 0 Å². The summed E-state index contributed by atoms with van der Waals surface area (Å²) < 4.78 is 8.49. The smallest absolute Gasteiger partial charge is 0.347 e. The lowest BCUT2D eigenvalue weighted by atomic mass is 10.3. The van der Waals surface area contributed by atoms with Crippen molar-refractivity contribution in [1.29, 1.82) is 0 Å². The molecular formula is C18H26Cl2N4O3S. The van der Waals surface area contributed by atoms with E-state index in [4.69, 9.17) is 27.9 Å². The number of hydrogen-bond acceptors (Lipinski definition) is 4. The minimum absolute atomic E-state index is 0.0460. The number of nitrogens with zero attached hydrogens (tertiary/aromatic N) is 3. The van der Waals surface area contributed by atoms with Crippen LogP contribution in [-0.4, -0.2) is 54.1 Å². The molecule has 0 saturated carbocycles. The molecule has 10 heteroatoms. The molecule has 0 spiro atoms. The Morgan fingerprint density at radius 3 is 2.36 bits per heavy atom. The number of aliphatic imine (C=N–C) groups is 1. The van der Waals surface area contributed by atoms with Crippen molar-refractivity contribution in [3.05, 3.63) is 28.2 Å². The fourth-order valence-corrected chi connectivity index (χ4v) is 2.80. The number of halogens is 2. The number of urea groups is 2. The van der Waals surface area contributed by atoms with Gasteiger partial charge in [0.2, 0.25) is 0 Å². The van der Waals surface area contributed by atoms with Crippen LogP contribution in [0.4, 0.5) is 9.59 Å². The first-order valence-electron chi connectivity index (χ1n) is 8.74. The van der Waals surface area contributed by atoms with Crippen molar-refractivity contribution in [2.24, 2.45) is 4.99 Å². The van der Waals surface area contributed by atoms with Gasteiger partial charge in [-0.1, -0.05) is 30.1 Å². The third kappa shape index (κ3) is 7.41. The molecular weight excluding hydrogens is 423 g/mol. The van der Waals surface area contributed by atoms with Crippen molar-refractivity contribution < 1.29 is 14.3 Å². The van der Waals surface area contributed by atoms with Gasteiger partial charge in [-0.25, -0.2) is 14.5 Å². The van der Waals surface area contributed by atoms with Crippen molar-refractivity contribution in [1.82, 2.24) is 14.5 Å². The van der Waals surface area contributed by atoms with Gasteiger partial charge >= 0.3 is 18.1 Å². The van der Waals surface area contributed by atoms with Crippen LogP contribution in [0.5, 0.6) is 0 Å². The second-order valence-corrected chi connectivity index (χ2v) is 8.15. The van der Waals surface area contributed by atoms with Crippen molar-refractivity contribution in [3.8, 4) is 0 Å². The van der Waals surface area contributed by atoms with E-state index in [0.29, 0.717) is 21.4 Å². The molecule has 1 aromatic carbocycles. The van der Waals surface area contributed by atoms with Gasteiger partial charge in [-0.2, -0.15) is 0 Å². The molecule has 1 N–H and O–H groups in total. The molecule has 0 aliphatic heterocycles. The molecule has 0 saturated heterocycles. The fraction of sp³-hybridized carbons (Fsp3) is 0.500. The molecule has 1 unspecified atom stereocenters. The summed E-state index contributed by atoms with van der Waals surface area (Å²) in [5.41, 5.74) is 0. The average molecular weight is 449 g/mol. The molecule has 0 fully saturated rings. The quantitative estimate of drug-likeness (QED) is 0.377. The lowest BCUT2D eigenvalue weighted by Gasteiger charge is -2.29. The molecule has 0 radical (unpaired) electrons. The summed E-state index contributed by atoms with van der Waals surface area (Å²) in [5, 5.41) is 0.820. The van der Waals surface area contributed by atoms with Gasteiger partial charge < -0.3 is 9.64 Å². The maximum atomic E-state index is 12.8. The van der Waals surface area contributed by atoms with Gasteiger partial charge in [-0.15, -0.1) is 4.99 Å². The Kier molecular flexibility index (Phi) is 9.92. The zero-order valence-electron chi connectivity index (χ0n) is 16.8. The molecule has 0 heterocycles. The van der Waals surface area contributed by atoms with Crippen molar-refractivity contribution >= 4 is 53.2 Å². The summed E-state index contributed by atoms with van der Waals surface area (Å²) in [6.45, 7) is 7.39. The molecule has 0 aliphatic carbocycles. The Hall–Kier alpha value is -1.64. The highest BCUT2D eigenvalue weighted by Crippen LogP contribution is 2.27. The van der Waals surface area contributed by atoms with Crippen LogP contribution in [0.25, 0.3) is 0 Å². The van der Waals surface area contributed by atoms with Gasteiger partial charge in [-0.3, -0.25) is 4.72 Å². The highest BCUT2D eigenvalue weighted by molar-refractivity contribution is 7.98. The molecule has 1 aromatic rings. The Morgan fingerprint density at radius 1 is 1.21 bits per heavy atom. The second-order valence-electron chi connectivity index (χ2n) is 6.46. The van der Waals surface area contributed by atoms with E-state index in [9.17, 15) is 9.59 Å². The van der Waals surface area contributed by atoms with Crippen LogP contribution in [0, 0.1) is 0 Å². The first kappa shape index (κ1) is 24.4. The van der Waals surface area contributed by atoms with Crippen LogP contribution in [0.2, 0.25) is 10.0 Å². The van der Waals surface area contributed by atoms with E-state index in [-0.39, 0.29) is 18.2 Å². The fourth-order valence-electron chi connectivity index (χ4n) is 1.82. The standard InChI is InChI=1S/C18H26Cl2N4O3S/c1-7-12(4)27-18(21-16(25)23(5)6)24(11(2)3)17(26)22-28-13-8-9-14(19)15(20)10-13/h8-12H,7H2,1-6H3,(H,22,26). The third-order valence-electron chi connectivity index (χ3n) is 3.54. The van der Waals surface area contributed by atoms with Crippen LogP contribution >= 0.6 is 35.1 Å². The predicted molar refractivity (Wildman–Crippen MR) is 115 cm³/mol. The summed E-state index contributed by atoms with van der Waals surface area (Å²) in [5.74, 6) is 0. The topological polar surface area (TPSA) is 74.2 Å². The number of nitrogens with one attached hydrogen (secondary N) is 1. The Morgan fingerprint density at radius 2 is 1.86 bits per heavy atom. The summed E-state index contributed by atoms with van der Waals surface area (Å²) >= 11 is 13.0. The zero-order chi connectivity index (χ0) is 21.4. The summed E-state index contributed by atoms with van der Waals surface area (Å²) in [7, 11) is 3.15. The number of carbonyl (C=O) groups excluding carboxylic acids is 2. The number of benzene rings is 1. The van der Waals surface area contributed by atoms with E-state index in [0.717, 1.165) is 11.9 Å². The van der Waals surface area contributed by atoms with E-state index < -0.39 is 12.1 Å². The Labute approximate surface area is 180 Å². The van der Waals surface area contributed by atoms with Crippen molar-refractivity contribution in [2.75, 3.05) is 14.1 Å². The maximum Gasteiger partial charge on any atom is 0.347 e. The van der Waals surface area contributed by atoms with Crippen LogP contribution in [0.15, 0.2) is 28.1 Å². The van der Waals surface area contributed by atoms with Crippen LogP contribution in [-0.2, 0) is 4.74 Å². The number of hydrogen-bond donors (Lipinski definition) is 1. The number of amides is 4. The summed E-state index contributed by atoms with van der Waals surface area (Å²) in [4.78, 5) is 32.2. The van der Waals surface area contributed by atoms with E-state index in [1.54, 1.807) is 46.1 Å². The van der Waals surface area contributed by atoms with Crippen LogP contribution < -0.4 is 4.72 Å². The molecule has 7 nitrogen and oxygen atoms in total. The second kappa shape index (κ2) is 11.4. The Bertz CT molecular complexity index is 729. The van der Waals surface area contributed by atoms with E-state index >= 15 is 0 Å². The first-order valence-corrected chi connectivity index (χ1v) is 10.3. The van der Waals surface area contributed by atoms with Gasteiger partial charge in [0, 0.05) is 25.0 Å². The van der Waals surface area contributed by atoms with Gasteiger partial charge in [0.1, 0.15) is 0 Å². The summed E-state index contributed by atoms with van der Waals surface area (Å²) in [6, 6.07) is 3.69. The minimum atomic E-state index is -0.520. The molecule has 1 atom stereocenters. The largest absolute Gasteiger partial charge is 0.461 e. The highest BCUT2D eigenvalue weighted by Gasteiger charge is 2.27. The Balaban J connectivity index is 3.05. The van der Waals surface area contributed by atoms with Gasteiger partial charge in [0.15, 0.2) is 0 Å². The van der Waals surface area contributed by atoms with E-state index in [1.807, 2.05) is 13.8 Å². The lowest BCUT2D eigenvalue weighted by Crippen LogP contribution is -2.48. The van der Waals surface area contributed by atoms with E-state index in [2.05, 4.69) is 9.71 Å². The van der Waals surface area contributed by atoms with Crippen LogP contribution in [0.1, 0.15) is 34.1 Å². The van der Waals surface area contributed by atoms with Crippen molar-refractivity contribution in [2.45, 2.75) is 51.2 Å². The number of rotatable bonds is 5. The highest BCUT2D eigenvalue weighted by atomic mass is 35.5. The molecule has 0 bridgehead atoms. The third-order valence-corrected chi connectivity index (χ3v) is 5.05. The SMILES string of the molecule is CCC(C)OC(=NC(=O)N(C)C)N(C(=O)NSc1ccc(Cl)c(Cl)c1)C(C)C. The van der Waals surface area contributed by atoms with E-state index in [1.165, 1.54) is 9.80 Å². The molecule has 0 aromatic heterocycles. The van der Waals surface area contributed by atoms with Gasteiger partial charge in [-0.05, 0) is 57.3 Å². The zero-order valence-corrected chi connectivity index (χ0v) is 19.2. The molecule has 1 rings (SSSR count). The molecule has 156 valence electrons. The van der Waals surface area contributed by atoms with Gasteiger partial charge in [0.05, 0.1) is 16.1 Å². The lowest BCUT2D eigenvalue weighted by molar-refractivity contribution is 0.151. The number of carbonyl (C=O) groups is 2. The van der Waals surface area contributed by atoms with Crippen LogP contribution in [0.3, 0.4) is 0 Å². The minimum Gasteiger partial charge on any atom is -0.461 e. The molecule has 28 heavy (non-hydrogen) atoms. The molecule has 4 amide bonds. The monoisotopic (exact) mass is 448 g/mol. The first-order chi connectivity index (χ1) is 13.1. The normalized spacial score (nSPS) is 12.5. The predicted octanol–water partition coefficient (Wildman–Crippen LogP) is 5.27. The van der Waals surface area contributed by atoms with Crippen molar-refractivity contribution in [3.63, 3.8) is 0 Å². The summed E-state index contributed by atoms with van der Waals surface area (Å²) in [6.07, 6.45) is 0.478.